The predicted octanol–water partition coefficient (Wildman–Crippen LogP) is 2.99. The Hall–Kier alpha value is -1.42. The van der Waals surface area contributed by atoms with Crippen LogP contribution in [0, 0.1) is 5.92 Å². The minimum absolute atomic E-state index is 0.832. The molecule has 1 atom stereocenters. The predicted molar refractivity (Wildman–Crippen MR) is 108 cm³/mol. The van der Waals surface area contributed by atoms with Gasteiger partial charge in [0.05, 0.1) is 13.2 Å². The van der Waals surface area contributed by atoms with E-state index in [1.807, 2.05) is 0 Å². The van der Waals surface area contributed by atoms with Crippen molar-refractivity contribution >= 4 is 18.4 Å². The minimum Gasteiger partial charge on any atom is -0.379 e. The van der Waals surface area contributed by atoms with Crippen LogP contribution in [0.4, 0.5) is 0 Å². The maximum atomic E-state index is 5.54. The smallest absolute Gasteiger partial charge is 0.118 e. The fourth-order valence-corrected chi connectivity index (χ4v) is 10.3. The van der Waals surface area contributed by atoms with E-state index >= 15 is 0 Å². The van der Waals surface area contributed by atoms with E-state index in [2.05, 4.69) is 65.6 Å². The molecule has 132 valence electrons. The van der Waals surface area contributed by atoms with Crippen molar-refractivity contribution in [1.29, 1.82) is 0 Å². The van der Waals surface area contributed by atoms with Crippen LogP contribution in [0.3, 0.4) is 0 Å². The van der Waals surface area contributed by atoms with Crippen LogP contribution in [0.15, 0.2) is 60.7 Å². The highest BCUT2D eigenvalue weighted by molar-refractivity contribution is 7.02. The molecule has 4 rings (SSSR count). The van der Waals surface area contributed by atoms with Crippen LogP contribution in [0.25, 0.3) is 0 Å². The van der Waals surface area contributed by atoms with Crippen LogP contribution in [-0.2, 0) is 4.74 Å². The SMILES string of the molecule is c1ccc([Si]2(c3ccccc3)CCCC(CN3CCOCC3)C2)cc1. The molecule has 2 fully saturated rings. The molecule has 0 bridgehead atoms. The first kappa shape index (κ1) is 17.0. The number of benzene rings is 2. The van der Waals surface area contributed by atoms with Crippen molar-refractivity contribution in [2.75, 3.05) is 32.8 Å². The van der Waals surface area contributed by atoms with Crippen molar-refractivity contribution in [3.8, 4) is 0 Å². The Morgan fingerprint density at radius 3 is 2.08 bits per heavy atom. The van der Waals surface area contributed by atoms with Crippen molar-refractivity contribution in [2.45, 2.75) is 24.9 Å². The molecule has 0 radical (unpaired) electrons. The fourth-order valence-electron chi connectivity index (χ4n) is 4.90. The molecule has 2 aromatic rings. The monoisotopic (exact) mass is 351 g/mol. The zero-order valence-electron chi connectivity index (χ0n) is 15.1. The Morgan fingerprint density at radius 1 is 0.880 bits per heavy atom. The van der Waals surface area contributed by atoms with Crippen molar-refractivity contribution in [3.05, 3.63) is 60.7 Å². The summed E-state index contributed by atoms with van der Waals surface area (Å²) >= 11 is 0. The van der Waals surface area contributed by atoms with E-state index in [1.54, 1.807) is 10.4 Å². The third-order valence-corrected chi connectivity index (χ3v) is 11.5. The number of nitrogens with zero attached hydrogens (tertiary/aromatic N) is 1. The lowest BCUT2D eigenvalue weighted by molar-refractivity contribution is 0.0309. The van der Waals surface area contributed by atoms with Gasteiger partial charge in [0.2, 0.25) is 0 Å². The van der Waals surface area contributed by atoms with Gasteiger partial charge in [-0.1, -0.05) is 77.5 Å². The van der Waals surface area contributed by atoms with Gasteiger partial charge >= 0.3 is 0 Å². The zero-order valence-corrected chi connectivity index (χ0v) is 16.1. The summed E-state index contributed by atoms with van der Waals surface area (Å²) in [5, 5.41) is 3.26. The van der Waals surface area contributed by atoms with Crippen LogP contribution in [-0.4, -0.2) is 45.8 Å². The van der Waals surface area contributed by atoms with Crippen LogP contribution in [0.2, 0.25) is 12.1 Å². The summed E-state index contributed by atoms with van der Waals surface area (Å²) < 4.78 is 5.54. The van der Waals surface area contributed by atoms with Crippen molar-refractivity contribution in [2.24, 2.45) is 5.92 Å². The second-order valence-electron chi connectivity index (χ2n) is 7.69. The molecule has 2 aliphatic heterocycles. The Labute approximate surface area is 152 Å². The lowest BCUT2D eigenvalue weighted by atomic mass is 10.0. The molecule has 2 nitrogen and oxygen atoms in total. The Bertz CT molecular complexity index is 615. The Morgan fingerprint density at radius 2 is 1.48 bits per heavy atom. The molecule has 0 spiro atoms. The first-order valence-corrected chi connectivity index (χ1v) is 12.2. The van der Waals surface area contributed by atoms with Crippen molar-refractivity contribution in [3.63, 3.8) is 0 Å². The summed E-state index contributed by atoms with van der Waals surface area (Å²) in [6.45, 7) is 5.31. The number of rotatable bonds is 4. The van der Waals surface area contributed by atoms with Gasteiger partial charge in [-0.2, -0.15) is 0 Å². The van der Waals surface area contributed by atoms with Crippen LogP contribution >= 0.6 is 0 Å². The van der Waals surface area contributed by atoms with Gasteiger partial charge in [0.15, 0.2) is 0 Å². The van der Waals surface area contributed by atoms with Gasteiger partial charge in [0.1, 0.15) is 8.07 Å². The van der Waals surface area contributed by atoms with E-state index in [9.17, 15) is 0 Å². The molecule has 1 unspecified atom stereocenters. The minimum atomic E-state index is -1.64. The molecular formula is C22H29NOSi. The van der Waals surface area contributed by atoms with Crippen molar-refractivity contribution in [1.82, 2.24) is 4.90 Å². The van der Waals surface area contributed by atoms with E-state index in [0.717, 1.165) is 32.2 Å². The quantitative estimate of drug-likeness (QED) is 0.785. The topological polar surface area (TPSA) is 12.5 Å². The first-order valence-electron chi connectivity index (χ1n) is 9.78. The van der Waals surface area contributed by atoms with Gasteiger partial charge in [0.25, 0.3) is 0 Å². The summed E-state index contributed by atoms with van der Waals surface area (Å²) in [7, 11) is -1.64. The summed E-state index contributed by atoms with van der Waals surface area (Å²) in [6, 6.07) is 25.7. The first-order chi connectivity index (χ1) is 12.4. The Balaban J connectivity index is 1.61. The lowest BCUT2D eigenvalue weighted by Crippen LogP contribution is -2.61. The third kappa shape index (κ3) is 3.74. The summed E-state index contributed by atoms with van der Waals surface area (Å²) in [5.41, 5.74) is 0. The van der Waals surface area contributed by atoms with Crippen LogP contribution < -0.4 is 10.4 Å². The lowest BCUT2D eigenvalue weighted by Gasteiger charge is -2.42. The number of morpholine rings is 1. The van der Waals surface area contributed by atoms with E-state index in [4.69, 9.17) is 4.74 Å². The van der Waals surface area contributed by atoms with Gasteiger partial charge in [-0.3, -0.25) is 4.90 Å². The summed E-state index contributed by atoms with van der Waals surface area (Å²) in [4.78, 5) is 2.63. The maximum absolute atomic E-state index is 5.54. The van der Waals surface area contributed by atoms with E-state index < -0.39 is 8.07 Å². The van der Waals surface area contributed by atoms with Crippen LogP contribution in [0.1, 0.15) is 12.8 Å². The van der Waals surface area contributed by atoms with Crippen LogP contribution in [0.5, 0.6) is 0 Å². The highest BCUT2D eigenvalue weighted by atomic mass is 28.3. The fraction of sp³-hybridized carbons (Fsp3) is 0.455. The molecule has 0 N–H and O–H groups in total. The number of ether oxygens (including phenoxy) is 1. The number of hydrogen-bond donors (Lipinski definition) is 0. The van der Waals surface area contributed by atoms with E-state index in [0.29, 0.717) is 0 Å². The Kier molecular flexibility index (Phi) is 5.35. The normalized spacial score (nSPS) is 24.1. The highest BCUT2D eigenvalue weighted by Crippen LogP contribution is 2.33. The maximum Gasteiger partial charge on any atom is 0.118 e. The molecule has 2 heterocycles. The molecule has 3 heteroatoms. The van der Waals surface area contributed by atoms with Gasteiger partial charge in [-0.25, -0.2) is 0 Å². The molecule has 2 aliphatic rings. The molecule has 0 amide bonds. The molecule has 0 aromatic heterocycles. The molecular weight excluding hydrogens is 322 g/mol. The standard InChI is InChI=1S/C22H29NOSi/c1-3-9-21(10-4-1)25(22-11-5-2-6-12-22)17-7-8-20(19-25)18-23-13-15-24-16-14-23/h1-6,9-12,20H,7-8,13-19H2. The molecule has 25 heavy (non-hydrogen) atoms. The summed E-state index contributed by atoms with van der Waals surface area (Å²) in [6.07, 6.45) is 2.77. The molecule has 2 saturated heterocycles. The second-order valence-corrected chi connectivity index (χ2v) is 11.9. The van der Waals surface area contributed by atoms with E-state index in [1.165, 1.54) is 31.5 Å². The van der Waals surface area contributed by atoms with Gasteiger partial charge in [-0.15, -0.1) is 0 Å². The average molecular weight is 352 g/mol. The third-order valence-electron chi connectivity index (χ3n) is 6.13. The van der Waals surface area contributed by atoms with Gasteiger partial charge in [0, 0.05) is 19.6 Å². The largest absolute Gasteiger partial charge is 0.379 e. The van der Waals surface area contributed by atoms with E-state index in [-0.39, 0.29) is 0 Å². The number of hydrogen-bond acceptors (Lipinski definition) is 2. The molecule has 0 saturated carbocycles. The highest BCUT2D eigenvalue weighted by Gasteiger charge is 2.41. The molecule has 0 aliphatic carbocycles. The van der Waals surface area contributed by atoms with Gasteiger partial charge < -0.3 is 4.74 Å². The van der Waals surface area contributed by atoms with Crippen molar-refractivity contribution < 1.29 is 4.74 Å². The average Bonchev–Trinajstić information content (AvgIpc) is 2.70. The molecule has 2 aromatic carbocycles. The zero-order chi connectivity index (χ0) is 17.0. The van der Waals surface area contributed by atoms with Gasteiger partial charge in [-0.05, 0) is 24.4 Å². The second kappa shape index (κ2) is 7.86. The summed E-state index contributed by atoms with van der Waals surface area (Å²) in [5.74, 6) is 0.832.